The molecule has 0 aliphatic heterocycles. The average molecular weight is 322 g/mol. The lowest BCUT2D eigenvalue weighted by atomic mass is 9.92. The van der Waals surface area contributed by atoms with Crippen LogP contribution in [0.25, 0.3) is 10.9 Å². The number of aromatic nitrogens is 1. The molecule has 0 atom stereocenters. The molecule has 0 spiro atoms. The highest BCUT2D eigenvalue weighted by Gasteiger charge is 2.28. The predicted molar refractivity (Wildman–Crippen MR) is 82.6 cm³/mol. The van der Waals surface area contributed by atoms with Gasteiger partial charge in [-0.1, -0.05) is 11.6 Å². The minimum Gasteiger partial charge on any atom is -0.465 e. The lowest BCUT2D eigenvalue weighted by molar-refractivity contribution is 0.0557. The Kier molecular flexibility index (Phi) is 3.83. The first-order valence-electron chi connectivity index (χ1n) is 7.11. The lowest BCUT2D eigenvalue weighted by Gasteiger charge is -2.13. The maximum atomic E-state index is 12.3. The second-order valence-electron chi connectivity index (χ2n) is 5.30. The van der Waals surface area contributed by atoms with E-state index < -0.39 is 11.9 Å². The average Bonchev–Trinajstić information content (AvgIpc) is 2.93. The molecule has 0 fully saturated rings. The number of nitrogens with one attached hydrogen (secondary N) is 1. The molecule has 0 saturated carbocycles. The summed E-state index contributed by atoms with van der Waals surface area (Å²) in [6, 6.07) is 1.46. The topological polar surface area (TPSA) is 68.4 Å². The highest BCUT2D eigenvalue weighted by molar-refractivity contribution is 6.36. The van der Waals surface area contributed by atoms with E-state index in [0.717, 1.165) is 36.9 Å². The van der Waals surface area contributed by atoms with Crippen LogP contribution in [0, 0.1) is 0 Å². The Bertz CT molecular complexity index is 778. The Morgan fingerprint density at radius 3 is 2.50 bits per heavy atom. The Morgan fingerprint density at radius 1 is 1.14 bits per heavy atom. The molecular weight excluding hydrogens is 306 g/mol. The van der Waals surface area contributed by atoms with Gasteiger partial charge in [0, 0.05) is 11.1 Å². The van der Waals surface area contributed by atoms with E-state index in [1.807, 2.05) is 0 Å². The van der Waals surface area contributed by atoms with E-state index in [1.165, 1.54) is 20.3 Å². The standard InChI is InChI=1S/C16H16ClNO4/c1-21-15(19)9-7-10(17)14-12(13(9)16(20)22-2)8-5-3-4-6-11(8)18-14/h7,18H,3-6H2,1-2H3. The Balaban J connectivity index is 2.41. The summed E-state index contributed by atoms with van der Waals surface area (Å²) < 4.78 is 9.66. The number of benzene rings is 1. The van der Waals surface area contributed by atoms with Crippen LogP contribution >= 0.6 is 11.6 Å². The van der Waals surface area contributed by atoms with Crippen molar-refractivity contribution in [1.82, 2.24) is 4.98 Å². The van der Waals surface area contributed by atoms with Gasteiger partial charge in [0.15, 0.2) is 0 Å². The van der Waals surface area contributed by atoms with Gasteiger partial charge < -0.3 is 14.5 Å². The van der Waals surface area contributed by atoms with Gasteiger partial charge in [-0.2, -0.15) is 0 Å². The molecule has 0 radical (unpaired) electrons. The third-order valence-corrected chi connectivity index (χ3v) is 4.42. The number of hydrogen-bond acceptors (Lipinski definition) is 4. The summed E-state index contributed by atoms with van der Waals surface area (Å²) in [5.74, 6) is -1.16. The summed E-state index contributed by atoms with van der Waals surface area (Å²) in [7, 11) is 2.57. The van der Waals surface area contributed by atoms with Gasteiger partial charge in [-0.3, -0.25) is 0 Å². The van der Waals surface area contributed by atoms with Gasteiger partial charge in [0.05, 0.1) is 35.9 Å². The summed E-state index contributed by atoms with van der Waals surface area (Å²) in [6.07, 6.45) is 3.89. The highest BCUT2D eigenvalue weighted by atomic mass is 35.5. The number of esters is 2. The third-order valence-electron chi connectivity index (χ3n) is 4.12. The molecule has 0 bridgehead atoms. The third kappa shape index (κ3) is 2.16. The summed E-state index contributed by atoms with van der Waals surface area (Å²) in [5.41, 5.74) is 3.18. The van der Waals surface area contributed by atoms with Crippen molar-refractivity contribution in [2.24, 2.45) is 0 Å². The number of carbonyl (C=O) groups excluding carboxylic acids is 2. The number of hydrogen-bond donors (Lipinski definition) is 1. The van der Waals surface area contributed by atoms with Crippen LogP contribution in [0.3, 0.4) is 0 Å². The lowest BCUT2D eigenvalue weighted by Crippen LogP contribution is -2.13. The van der Waals surface area contributed by atoms with E-state index in [4.69, 9.17) is 21.1 Å². The van der Waals surface area contributed by atoms with Crippen LogP contribution in [0.5, 0.6) is 0 Å². The molecule has 1 aliphatic rings. The molecule has 0 unspecified atom stereocenters. The van der Waals surface area contributed by atoms with Crippen LogP contribution < -0.4 is 0 Å². The van der Waals surface area contributed by atoms with Crippen LogP contribution in [0.15, 0.2) is 6.07 Å². The molecule has 22 heavy (non-hydrogen) atoms. The van der Waals surface area contributed by atoms with E-state index in [0.29, 0.717) is 15.9 Å². The maximum absolute atomic E-state index is 12.3. The summed E-state index contributed by atoms with van der Waals surface area (Å²) >= 11 is 6.31. The van der Waals surface area contributed by atoms with Crippen molar-refractivity contribution < 1.29 is 19.1 Å². The quantitative estimate of drug-likeness (QED) is 0.862. The van der Waals surface area contributed by atoms with Gasteiger partial charge in [0.1, 0.15) is 0 Å². The molecule has 3 rings (SSSR count). The fourth-order valence-corrected chi connectivity index (χ4v) is 3.38. The van der Waals surface area contributed by atoms with Crippen molar-refractivity contribution in [3.05, 3.63) is 33.5 Å². The first kappa shape index (κ1) is 14.9. The summed E-state index contributed by atoms with van der Waals surface area (Å²) in [4.78, 5) is 27.6. The molecule has 1 aliphatic carbocycles. The number of ether oxygens (including phenoxy) is 2. The van der Waals surface area contributed by atoms with Crippen LogP contribution in [0.1, 0.15) is 44.8 Å². The van der Waals surface area contributed by atoms with E-state index in [2.05, 4.69) is 4.98 Å². The van der Waals surface area contributed by atoms with E-state index in [-0.39, 0.29) is 11.1 Å². The number of aryl methyl sites for hydroxylation is 2. The fraction of sp³-hybridized carbons (Fsp3) is 0.375. The van der Waals surface area contributed by atoms with Gasteiger partial charge in [0.25, 0.3) is 0 Å². The largest absolute Gasteiger partial charge is 0.465 e. The van der Waals surface area contributed by atoms with Gasteiger partial charge in [-0.05, 0) is 37.3 Å². The minimum absolute atomic E-state index is 0.138. The summed E-state index contributed by atoms with van der Waals surface area (Å²) in [6.45, 7) is 0. The monoisotopic (exact) mass is 321 g/mol. The van der Waals surface area contributed by atoms with Crippen LogP contribution in [0.2, 0.25) is 5.02 Å². The molecule has 5 nitrogen and oxygen atoms in total. The van der Waals surface area contributed by atoms with E-state index >= 15 is 0 Å². The van der Waals surface area contributed by atoms with Crippen LogP contribution in [-0.2, 0) is 22.3 Å². The molecule has 6 heteroatoms. The first-order valence-corrected chi connectivity index (χ1v) is 7.48. The molecule has 0 saturated heterocycles. The van der Waals surface area contributed by atoms with Crippen molar-refractivity contribution >= 4 is 34.4 Å². The van der Waals surface area contributed by atoms with Gasteiger partial charge in [-0.15, -0.1) is 0 Å². The van der Waals surface area contributed by atoms with Crippen molar-refractivity contribution in [2.45, 2.75) is 25.7 Å². The zero-order valence-electron chi connectivity index (χ0n) is 12.4. The zero-order chi connectivity index (χ0) is 15.9. The normalized spacial score (nSPS) is 13.8. The molecule has 1 aromatic heterocycles. The second kappa shape index (κ2) is 5.65. The zero-order valence-corrected chi connectivity index (χ0v) is 13.2. The van der Waals surface area contributed by atoms with Crippen molar-refractivity contribution in [2.75, 3.05) is 14.2 Å². The van der Waals surface area contributed by atoms with Gasteiger partial charge in [-0.25, -0.2) is 9.59 Å². The number of aromatic amines is 1. The first-order chi connectivity index (χ1) is 10.6. The van der Waals surface area contributed by atoms with Crippen molar-refractivity contribution in [3.63, 3.8) is 0 Å². The van der Waals surface area contributed by atoms with E-state index in [1.54, 1.807) is 0 Å². The number of fused-ring (bicyclic) bond motifs is 3. The molecule has 0 amide bonds. The van der Waals surface area contributed by atoms with Gasteiger partial charge in [0.2, 0.25) is 0 Å². The number of methoxy groups -OCH3 is 2. The second-order valence-corrected chi connectivity index (χ2v) is 5.71. The number of halogens is 1. The minimum atomic E-state index is -0.602. The Morgan fingerprint density at radius 2 is 1.82 bits per heavy atom. The summed E-state index contributed by atoms with van der Waals surface area (Å²) in [5, 5.41) is 1.09. The maximum Gasteiger partial charge on any atom is 0.339 e. The number of carbonyl (C=O) groups is 2. The Hall–Kier alpha value is -2.01. The Labute approximate surface area is 132 Å². The number of rotatable bonds is 2. The molecule has 1 N–H and O–H groups in total. The molecular formula is C16H16ClNO4. The van der Waals surface area contributed by atoms with Crippen molar-refractivity contribution in [1.29, 1.82) is 0 Å². The SMILES string of the molecule is COC(=O)c1cc(Cl)c2[nH]c3c(c2c1C(=O)OC)CCCC3. The molecule has 2 aromatic rings. The molecule has 116 valence electrons. The molecule has 1 heterocycles. The van der Waals surface area contributed by atoms with E-state index in [9.17, 15) is 9.59 Å². The van der Waals surface area contributed by atoms with Crippen molar-refractivity contribution in [3.8, 4) is 0 Å². The highest BCUT2D eigenvalue weighted by Crippen LogP contribution is 2.37. The van der Waals surface area contributed by atoms with Gasteiger partial charge >= 0.3 is 11.9 Å². The predicted octanol–water partition coefficient (Wildman–Crippen LogP) is 3.27. The fourth-order valence-electron chi connectivity index (χ4n) is 3.13. The number of H-pyrrole nitrogens is 1. The molecule has 1 aromatic carbocycles. The van der Waals surface area contributed by atoms with Crippen LogP contribution in [0.4, 0.5) is 0 Å². The smallest absolute Gasteiger partial charge is 0.339 e. The van der Waals surface area contributed by atoms with Crippen LogP contribution in [-0.4, -0.2) is 31.1 Å².